The second kappa shape index (κ2) is 6.27. The molecular formula is C10H16ClN5O. The van der Waals surface area contributed by atoms with Gasteiger partial charge >= 0.3 is 0 Å². The Kier molecular flexibility index (Phi) is 4.99. The lowest BCUT2D eigenvalue weighted by Gasteiger charge is -1.99. The summed E-state index contributed by atoms with van der Waals surface area (Å²) in [5.41, 5.74) is 2.06. The van der Waals surface area contributed by atoms with Crippen molar-refractivity contribution in [2.24, 2.45) is 7.05 Å². The Balaban J connectivity index is 0.00000144. The second-order valence-corrected chi connectivity index (χ2v) is 3.59. The van der Waals surface area contributed by atoms with Crippen LogP contribution in [0, 0.1) is 0 Å². The molecule has 2 rings (SSSR count). The molecule has 6 nitrogen and oxygen atoms in total. The molecular weight excluding hydrogens is 242 g/mol. The summed E-state index contributed by atoms with van der Waals surface area (Å²) in [6, 6.07) is 0. The summed E-state index contributed by atoms with van der Waals surface area (Å²) in [6.45, 7) is 1.34. The standard InChI is InChI=1S/C10H15N5O.ClH/c1-14-7-9(5-12-14)4-11-10-6-13-15(8-10)2-3-16;/h5-8,11,16H,2-4H2,1H3;1H. The molecule has 0 bridgehead atoms. The zero-order valence-corrected chi connectivity index (χ0v) is 10.4. The normalized spacial score (nSPS) is 10.0. The van der Waals surface area contributed by atoms with Gasteiger partial charge in [0.1, 0.15) is 0 Å². The Bertz CT molecular complexity index is 453. The van der Waals surface area contributed by atoms with Crippen LogP contribution in [0.1, 0.15) is 5.56 Å². The van der Waals surface area contributed by atoms with Crippen LogP contribution in [0.5, 0.6) is 0 Å². The lowest BCUT2D eigenvalue weighted by atomic mass is 10.3. The molecule has 2 heterocycles. The number of aliphatic hydroxyl groups is 1. The number of hydrogen-bond donors (Lipinski definition) is 2. The highest BCUT2D eigenvalue weighted by molar-refractivity contribution is 5.85. The number of aliphatic hydroxyl groups excluding tert-OH is 1. The molecule has 0 saturated heterocycles. The third-order valence-corrected chi connectivity index (χ3v) is 2.22. The molecule has 0 amide bonds. The van der Waals surface area contributed by atoms with Crippen LogP contribution in [-0.2, 0) is 20.1 Å². The minimum atomic E-state index is 0. The van der Waals surface area contributed by atoms with E-state index in [-0.39, 0.29) is 19.0 Å². The molecule has 17 heavy (non-hydrogen) atoms. The van der Waals surface area contributed by atoms with E-state index in [2.05, 4.69) is 15.5 Å². The molecule has 0 aliphatic heterocycles. The van der Waals surface area contributed by atoms with Crippen LogP contribution in [0.2, 0.25) is 0 Å². The molecule has 2 N–H and O–H groups in total. The van der Waals surface area contributed by atoms with Gasteiger partial charge in [-0.15, -0.1) is 12.4 Å². The zero-order chi connectivity index (χ0) is 11.4. The van der Waals surface area contributed by atoms with E-state index >= 15 is 0 Å². The van der Waals surface area contributed by atoms with Gasteiger partial charge in [0.15, 0.2) is 0 Å². The molecule has 0 unspecified atom stereocenters. The fraction of sp³-hybridized carbons (Fsp3) is 0.400. The van der Waals surface area contributed by atoms with Gasteiger partial charge in [0.2, 0.25) is 0 Å². The van der Waals surface area contributed by atoms with Crippen molar-refractivity contribution >= 4 is 18.1 Å². The maximum absolute atomic E-state index is 8.75. The zero-order valence-electron chi connectivity index (χ0n) is 9.58. The molecule has 2 aromatic rings. The van der Waals surface area contributed by atoms with Gasteiger partial charge in [-0.2, -0.15) is 10.2 Å². The van der Waals surface area contributed by atoms with Gasteiger partial charge in [0.25, 0.3) is 0 Å². The van der Waals surface area contributed by atoms with Gasteiger partial charge in [-0.3, -0.25) is 9.36 Å². The maximum atomic E-state index is 8.75. The number of rotatable bonds is 5. The highest BCUT2D eigenvalue weighted by atomic mass is 35.5. The van der Waals surface area contributed by atoms with E-state index in [0.29, 0.717) is 6.54 Å². The smallest absolute Gasteiger partial charge is 0.0729 e. The molecule has 0 spiro atoms. The van der Waals surface area contributed by atoms with Crippen LogP contribution in [0.25, 0.3) is 0 Å². The number of hydrogen-bond acceptors (Lipinski definition) is 4. The minimum absolute atomic E-state index is 0. The second-order valence-electron chi connectivity index (χ2n) is 3.59. The van der Waals surface area contributed by atoms with Crippen molar-refractivity contribution in [2.75, 3.05) is 11.9 Å². The quantitative estimate of drug-likeness (QED) is 0.825. The van der Waals surface area contributed by atoms with Gasteiger partial charge in [0, 0.05) is 31.5 Å². The molecule has 0 aromatic carbocycles. The van der Waals surface area contributed by atoms with E-state index in [1.54, 1.807) is 15.6 Å². The maximum Gasteiger partial charge on any atom is 0.0729 e. The van der Waals surface area contributed by atoms with Crippen molar-refractivity contribution in [1.29, 1.82) is 0 Å². The summed E-state index contributed by atoms with van der Waals surface area (Å²) in [5.74, 6) is 0. The Morgan fingerprint density at radius 3 is 2.76 bits per heavy atom. The Hall–Kier alpha value is -1.53. The highest BCUT2D eigenvalue weighted by Crippen LogP contribution is 2.07. The summed E-state index contributed by atoms with van der Waals surface area (Å²) in [4.78, 5) is 0. The van der Waals surface area contributed by atoms with E-state index in [1.807, 2.05) is 25.6 Å². The van der Waals surface area contributed by atoms with Crippen LogP contribution in [0.3, 0.4) is 0 Å². The van der Waals surface area contributed by atoms with E-state index < -0.39 is 0 Å². The van der Waals surface area contributed by atoms with Gasteiger partial charge in [0.05, 0.1) is 31.2 Å². The summed E-state index contributed by atoms with van der Waals surface area (Å²) >= 11 is 0. The molecule has 0 atom stereocenters. The molecule has 94 valence electrons. The predicted octanol–water partition coefficient (Wildman–Crippen LogP) is 0.643. The number of halogens is 1. The number of aryl methyl sites for hydroxylation is 1. The first-order valence-electron chi connectivity index (χ1n) is 5.12. The van der Waals surface area contributed by atoms with Crippen LogP contribution in [0.4, 0.5) is 5.69 Å². The van der Waals surface area contributed by atoms with E-state index in [9.17, 15) is 0 Å². The number of nitrogens with one attached hydrogen (secondary N) is 1. The van der Waals surface area contributed by atoms with Crippen LogP contribution in [-0.4, -0.2) is 31.3 Å². The van der Waals surface area contributed by atoms with E-state index in [4.69, 9.17) is 5.11 Å². The largest absolute Gasteiger partial charge is 0.394 e. The van der Waals surface area contributed by atoms with Crippen LogP contribution in [0.15, 0.2) is 24.8 Å². The fourth-order valence-electron chi connectivity index (χ4n) is 1.45. The first-order chi connectivity index (χ1) is 7.78. The Morgan fingerprint density at radius 1 is 1.29 bits per heavy atom. The first-order valence-corrected chi connectivity index (χ1v) is 5.12. The number of aromatic nitrogens is 4. The molecule has 0 fully saturated rings. The van der Waals surface area contributed by atoms with Gasteiger partial charge < -0.3 is 10.4 Å². The van der Waals surface area contributed by atoms with E-state index in [1.165, 1.54) is 0 Å². The average Bonchev–Trinajstić information content (AvgIpc) is 2.85. The molecule has 0 saturated carbocycles. The monoisotopic (exact) mass is 257 g/mol. The van der Waals surface area contributed by atoms with Crippen LogP contribution >= 0.6 is 12.4 Å². The average molecular weight is 258 g/mol. The third kappa shape index (κ3) is 3.76. The van der Waals surface area contributed by atoms with Gasteiger partial charge in [-0.1, -0.05) is 0 Å². The third-order valence-electron chi connectivity index (χ3n) is 2.22. The van der Waals surface area contributed by atoms with Gasteiger partial charge in [-0.05, 0) is 0 Å². The van der Waals surface area contributed by atoms with Crippen molar-refractivity contribution in [3.05, 3.63) is 30.4 Å². The summed E-state index contributed by atoms with van der Waals surface area (Å²) in [5, 5.41) is 20.2. The fourth-order valence-corrected chi connectivity index (χ4v) is 1.45. The lowest BCUT2D eigenvalue weighted by molar-refractivity contribution is 0.269. The van der Waals surface area contributed by atoms with Crippen molar-refractivity contribution in [3.63, 3.8) is 0 Å². The summed E-state index contributed by atoms with van der Waals surface area (Å²) in [6.07, 6.45) is 7.40. The summed E-state index contributed by atoms with van der Waals surface area (Å²) < 4.78 is 3.47. The van der Waals surface area contributed by atoms with Crippen LogP contribution < -0.4 is 5.32 Å². The number of anilines is 1. The lowest BCUT2D eigenvalue weighted by Crippen LogP contribution is -2.02. The molecule has 7 heteroatoms. The van der Waals surface area contributed by atoms with Gasteiger partial charge in [-0.25, -0.2) is 0 Å². The van der Waals surface area contributed by atoms with Crippen molar-refractivity contribution < 1.29 is 5.11 Å². The van der Waals surface area contributed by atoms with Crippen molar-refractivity contribution in [2.45, 2.75) is 13.1 Å². The van der Waals surface area contributed by atoms with E-state index in [0.717, 1.165) is 17.8 Å². The summed E-state index contributed by atoms with van der Waals surface area (Å²) in [7, 11) is 1.89. The van der Waals surface area contributed by atoms with Crippen molar-refractivity contribution in [3.8, 4) is 0 Å². The predicted molar refractivity (Wildman–Crippen MR) is 67.1 cm³/mol. The SMILES string of the molecule is Cl.Cn1cc(CNc2cnn(CCO)c2)cn1. The molecule has 0 aliphatic rings. The molecule has 2 aromatic heterocycles. The topological polar surface area (TPSA) is 67.9 Å². The number of nitrogens with zero attached hydrogens (tertiary/aromatic N) is 4. The Morgan fingerprint density at radius 2 is 2.12 bits per heavy atom. The minimum Gasteiger partial charge on any atom is -0.394 e. The highest BCUT2D eigenvalue weighted by Gasteiger charge is 1.99. The molecule has 0 radical (unpaired) electrons. The Labute approximate surface area is 106 Å². The van der Waals surface area contributed by atoms with Crippen molar-refractivity contribution in [1.82, 2.24) is 19.6 Å². The first kappa shape index (κ1) is 13.5. The molecule has 0 aliphatic carbocycles.